The van der Waals surface area contributed by atoms with Crippen LogP contribution in [0.4, 0.5) is 11.4 Å². The normalized spacial score (nSPS) is 14.7. The minimum atomic E-state index is -3.49. The van der Waals surface area contributed by atoms with Crippen molar-refractivity contribution < 1.29 is 18.0 Å². The van der Waals surface area contributed by atoms with Crippen LogP contribution in [0, 0.1) is 13.8 Å². The molecule has 0 bridgehead atoms. The number of carbonyl (C=O) groups is 2. The molecule has 1 heterocycles. The standard InChI is InChI=1S/C23H29N3O4S2/c1-17-6-7-20(14-18(17)2)25-23(28)16-31-15-22(27)24-19-8-10-21(11-9-19)32(29,30)26-12-4-3-5-13-26/h6-11,14H,3-5,12-13,15-16H2,1-2H3,(H,24,27)(H,25,28). The Morgan fingerprint density at radius 1 is 0.844 bits per heavy atom. The quantitative estimate of drug-likeness (QED) is 0.606. The minimum Gasteiger partial charge on any atom is -0.325 e. The molecule has 0 aliphatic carbocycles. The van der Waals surface area contributed by atoms with E-state index in [-0.39, 0.29) is 28.2 Å². The molecule has 0 aromatic heterocycles. The molecule has 0 atom stereocenters. The van der Waals surface area contributed by atoms with Crippen molar-refractivity contribution in [3.63, 3.8) is 0 Å². The molecule has 1 fully saturated rings. The number of hydrogen-bond donors (Lipinski definition) is 2. The molecule has 0 saturated carbocycles. The predicted octanol–water partition coefficient (Wildman–Crippen LogP) is 3.79. The topological polar surface area (TPSA) is 95.6 Å². The van der Waals surface area contributed by atoms with Crippen LogP contribution in [0.1, 0.15) is 30.4 Å². The lowest BCUT2D eigenvalue weighted by Crippen LogP contribution is -2.35. The molecule has 1 saturated heterocycles. The van der Waals surface area contributed by atoms with Crippen molar-refractivity contribution in [3.05, 3.63) is 53.6 Å². The Labute approximate surface area is 194 Å². The Bertz CT molecular complexity index is 1060. The van der Waals surface area contributed by atoms with Crippen LogP contribution in [0.3, 0.4) is 0 Å². The van der Waals surface area contributed by atoms with E-state index < -0.39 is 10.0 Å². The van der Waals surface area contributed by atoms with Gasteiger partial charge in [-0.2, -0.15) is 4.31 Å². The van der Waals surface area contributed by atoms with E-state index >= 15 is 0 Å². The molecular formula is C23H29N3O4S2. The summed E-state index contributed by atoms with van der Waals surface area (Å²) in [7, 11) is -3.49. The lowest BCUT2D eigenvalue weighted by atomic mass is 10.1. The van der Waals surface area contributed by atoms with E-state index in [0.29, 0.717) is 18.8 Å². The maximum Gasteiger partial charge on any atom is 0.243 e. The second kappa shape index (κ2) is 11.0. The van der Waals surface area contributed by atoms with Crippen LogP contribution in [0.5, 0.6) is 0 Å². The number of benzene rings is 2. The number of aryl methyl sites for hydroxylation is 2. The van der Waals surface area contributed by atoms with Crippen molar-refractivity contribution in [3.8, 4) is 0 Å². The number of amides is 2. The molecule has 0 unspecified atom stereocenters. The fraction of sp³-hybridized carbons (Fsp3) is 0.391. The number of anilines is 2. The third kappa shape index (κ3) is 6.57. The monoisotopic (exact) mass is 475 g/mol. The summed E-state index contributed by atoms with van der Waals surface area (Å²) in [5.41, 5.74) is 3.52. The molecule has 0 spiro atoms. The van der Waals surface area contributed by atoms with E-state index in [9.17, 15) is 18.0 Å². The van der Waals surface area contributed by atoms with Crippen molar-refractivity contribution in [2.24, 2.45) is 0 Å². The number of rotatable bonds is 8. The van der Waals surface area contributed by atoms with Gasteiger partial charge in [-0.05, 0) is 74.2 Å². The number of piperidine rings is 1. The van der Waals surface area contributed by atoms with Gasteiger partial charge in [0.2, 0.25) is 21.8 Å². The van der Waals surface area contributed by atoms with Gasteiger partial charge < -0.3 is 10.6 Å². The first kappa shape index (κ1) is 24.3. The highest BCUT2D eigenvalue weighted by Crippen LogP contribution is 2.22. The van der Waals surface area contributed by atoms with Crippen LogP contribution in [-0.4, -0.2) is 49.1 Å². The fourth-order valence-corrected chi connectivity index (χ4v) is 5.55. The van der Waals surface area contributed by atoms with E-state index in [0.717, 1.165) is 36.1 Å². The minimum absolute atomic E-state index is 0.119. The Morgan fingerprint density at radius 3 is 2.00 bits per heavy atom. The second-order valence-corrected chi connectivity index (χ2v) is 10.8. The van der Waals surface area contributed by atoms with Crippen LogP contribution in [0.25, 0.3) is 0 Å². The Morgan fingerprint density at radius 2 is 1.41 bits per heavy atom. The number of thioether (sulfide) groups is 1. The Hall–Kier alpha value is -2.36. The first-order valence-corrected chi connectivity index (χ1v) is 13.2. The molecule has 2 amide bonds. The highest BCUT2D eigenvalue weighted by Gasteiger charge is 2.25. The number of hydrogen-bond acceptors (Lipinski definition) is 5. The summed E-state index contributed by atoms with van der Waals surface area (Å²) in [6.07, 6.45) is 2.82. The average molecular weight is 476 g/mol. The van der Waals surface area contributed by atoms with Gasteiger partial charge in [-0.25, -0.2) is 8.42 Å². The second-order valence-electron chi connectivity index (χ2n) is 7.88. The summed E-state index contributed by atoms with van der Waals surface area (Å²) in [6, 6.07) is 11.9. The smallest absolute Gasteiger partial charge is 0.243 e. The van der Waals surface area contributed by atoms with E-state index in [4.69, 9.17) is 0 Å². The number of sulfonamides is 1. The van der Waals surface area contributed by atoms with Gasteiger partial charge in [0.25, 0.3) is 0 Å². The molecule has 3 rings (SSSR count). The molecule has 172 valence electrons. The summed E-state index contributed by atoms with van der Waals surface area (Å²) >= 11 is 1.21. The van der Waals surface area contributed by atoms with Gasteiger partial charge in [0.1, 0.15) is 0 Å². The summed E-state index contributed by atoms with van der Waals surface area (Å²) < 4.78 is 26.9. The summed E-state index contributed by atoms with van der Waals surface area (Å²) in [6.45, 7) is 5.10. The van der Waals surface area contributed by atoms with Crippen molar-refractivity contribution >= 4 is 45.0 Å². The maximum atomic E-state index is 12.7. The van der Waals surface area contributed by atoms with E-state index in [2.05, 4.69) is 10.6 Å². The van der Waals surface area contributed by atoms with Crippen LogP contribution >= 0.6 is 11.8 Å². The first-order valence-electron chi connectivity index (χ1n) is 10.6. The van der Waals surface area contributed by atoms with Gasteiger partial charge in [0.15, 0.2) is 0 Å². The Kier molecular flexibility index (Phi) is 8.33. The summed E-state index contributed by atoms with van der Waals surface area (Å²) in [4.78, 5) is 24.5. The van der Waals surface area contributed by atoms with Gasteiger partial charge in [0, 0.05) is 24.5 Å². The fourth-order valence-electron chi connectivity index (χ4n) is 3.41. The first-order chi connectivity index (χ1) is 15.3. The van der Waals surface area contributed by atoms with Gasteiger partial charge in [-0.1, -0.05) is 12.5 Å². The zero-order valence-corrected chi connectivity index (χ0v) is 20.0. The number of carbonyl (C=O) groups excluding carboxylic acids is 2. The number of nitrogens with one attached hydrogen (secondary N) is 2. The van der Waals surface area contributed by atoms with Crippen LogP contribution in [0.15, 0.2) is 47.4 Å². The van der Waals surface area contributed by atoms with E-state index in [1.807, 2.05) is 32.0 Å². The molecule has 7 nitrogen and oxygen atoms in total. The molecule has 2 aromatic carbocycles. The van der Waals surface area contributed by atoms with Gasteiger partial charge in [-0.15, -0.1) is 11.8 Å². The maximum absolute atomic E-state index is 12.7. The van der Waals surface area contributed by atoms with Crippen LogP contribution in [-0.2, 0) is 19.6 Å². The summed E-state index contributed by atoms with van der Waals surface area (Å²) in [5, 5.41) is 5.57. The predicted molar refractivity (Wildman–Crippen MR) is 130 cm³/mol. The molecule has 9 heteroatoms. The molecule has 32 heavy (non-hydrogen) atoms. The lowest BCUT2D eigenvalue weighted by molar-refractivity contribution is -0.114. The highest BCUT2D eigenvalue weighted by atomic mass is 32.2. The third-order valence-electron chi connectivity index (χ3n) is 5.35. The van der Waals surface area contributed by atoms with Crippen LogP contribution in [0.2, 0.25) is 0 Å². The summed E-state index contributed by atoms with van der Waals surface area (Å²) in [5.74, 6) is -0.138. The lowest BCUT2D eigenvalue weighted by Gasteiger charge is -2.25. The van der Waals surface area contributed by atoms with Crippen molar-refractivity contribution in [2.45, 2.75) is 38.0 Å². The molecule has 1 aliphatic heterocycles. The molecule has 2 aromatic rings. The van der Waals surface area contributed by atoms with Gasteiger partial charge in [-0.3, -0.25) is 9.59 Å². The van der Waals surface area contributed by atoms with Crippen molar-refractivity contribution in [1.29, 1.82) is 0 Å². The zero-order chi connectivity index (χ0) is 23.1. The van der Waals surface area contributed by atoms with E-state index in [1.54, 1.807) is 12.1 Å². The zero-order valence-electron chi connectivity index (χ0n) is 18.4. The highest BCUT2D eigenvalue weighted by molar-refractivity contribution is 8.00. The SMILES string of the molecule is Cc1ccc(NC(=O)CSCC(=O)Nc2ccc(S(=O)(=O)N3CCCCC3)cc2)cc1C. The molecule has 2 N–H and O–H groups in total. The van der Waals surface area contributed by atoms with Gasteiger partial charge >= 0.3 is 0 Å². The van der Waals surface area contributed by atoms with Crippen LogP contribution < -0.4 is 10.6 Å². The van der Waals surface area contributed by atoms with Crippen molar-refractivity contribution in [2.75, 3.05) is 35.2 Å². The van der Waals surface area contributed by atoms with Gasteiger partial charge in [0.05, 0.1) is 16.4 Å². The Balaban J connectivity index is 1.44. The largest absolute Gasteiger partial charge is 0.325 e. The van der Waals surface area contributed by atoms with Crippen molar-refractivity contribution in [1.82, 2.24) is 4.31 Å². The third-order valence-corrected chi connectivity index (χ3v) is 8.19. The average Bonchev–Trinajstić information content (AvgIpc) is 2.77. The van der Waals surface area contributed by atoms with E-state index in [1.165, 1.54) is 28.2 Å². The molecular weight excluding hydrogens is 446 g/mol. The molecule has 0 radical (unpaired) electrons. The number of nitrogens with zero attached hydrogens (tertiary/aromatic N) is 1. The molecule has 1 aliphatic rings.